The number of ether oxygens (including phenoxy) is 1. The Hall–Kier alpha value is -1.62. The monoisotopic (exact) mass is 251 g/mol. The Morgan fingerprint density at radius 3 is 3.00 bits per heavy atom. The third-order valence-corrected chi connectivity index (χ3v) is 2.66. The molecule has 1 rings (SSSR count). The fourth-order valence-corrected chi connectivity index (χ4v) is 1.51. The highest BCUT2D eigenvalue weighted by Crippen LogP contribution is 2.13. The molecule has 0 bridgehead atoms. The van der Waals surface area contributed by atoms with Crippen molar-refractivity contribution in [3.63, 3.8) is 0 Å². The molecular formula is C13H21N3O2. The van der Waals surface area contributed by atoms with Crippen LogP contribution in [0.4, 0.5) is 0 Å². The molecule has 1 amide bonds. The van der Waals surface area contributed by atoms with Crippen molar-refractivity contribution in [2.45, 2.75) is 19.8 Å². The van der Waals surface area contributed by atoms with Crippen LogP contribution in [0.15, 0.2) is 18.3 Å². The van der Waals surface area contributed by atoms with Crippen molar-refractivity contribution in [1.29, 1.82) is 0 Å². The molecule has 0 saturated carbocycles. The van der Waals surface area contributed by atoms with Crippen LogP contribution in [0, 0.1) is 6.92 Å². The zero-order chi connectivity index (χ0) is 13.4. The smallest absolute Gasteiger partial charge is 0.225 e. The van der Waals surface area contributed by atoms with Gasteiger partial charge in [-0.05, 0) is 32.0 Å². The lowest BCUT2D eigenvalue weighted by molar-refractivity contribution is -0.130. The van der Waals surface area contributed by atoms with E-state index in [1.165, 1.54) is 0 Å². The molecule has 0 fully saturated rings. The number of pyridine rings is 1. The molecule has 5 heteroatoms. The van der Waals surface area contributed by atoms with Gasteiger partial charge in [-0.1, -0.05) is 0 Å². The highest BCUT2D eigenvalue weighted by Gasteiger charge is 2.08. The molecule has 0 aliphatic carbocycles. The maximum atomic E-state index is 11.7. The Labute approximate surface area is 108 Å². The van der Waals surface area contributed by atoms with Gasteiger partial charge in [-0.3, -0.25) is 9.78 Å². The standard InChI is InChI=1S/C13H21N3O2/c1-11-12(5-3-8-15-11)18-10-6-13(17)16(2)9-4-7-14/h3,5,8H,4,6-7,9-10,14H2,1-2H3. The summed E-state index contributed by atoms with van der Waals surface area (Å²) in [5.74, 6) is 0.805. The second kappa shape index (κ2) is 7.66. The molecule has 5 nitrogen and oxygen atoms in total. The van der Waals surface area contributed by atoms with E-state index in [1.807, 2.05) is 19.1 Å². The van der Waals surface area contributed by atoms with Crippen LogP contribution >= 0.6 is 0 Å². The lowest BCUT2D eigenvalue weighted by Crippen LogP contribution is -2.30. The van der Waals surface area contributed by atoms with Crippen molar-refractivity contribution in [2.75, 3.05) is 26.7 Å². The van der Waals surface area contributed by atoms with E-state index in [4.69, 9.17) is 10.5 Å². The predicted octanol–water partition coefficient (Wildman–Crippen LogP) is 0.966. The molecule has 18 heavy (non-hydrogen) atoms. The van der Waals surface area contributed by atoms with E-state index in [1.54, 1.807) is 18.1 Å². The first-order valence-corrected chi connectivity index (χ1v) is 6.13. The zero-order valence-corrected chi connectivity index (χ0v) is 11.1. The number of hydrogen-bond acceptors (Lipinski definition) is 4. The SMILES string of the molecule is Cc1ncccc1OCCC(=O)N(C)CCCN. The van der Waals surface area contributed by atoms with Crippen molar-refractivity contribution in [1.82, 2.24) is 9.88 Å². The van der Waals surface area contributed by atoms with Crippen molar-refractivity contribution in [2.24, 2.45) is 5.73 Å². The number of rotatable bonds is 7. The number of carbonyl (C=O) groups is 1. The number of aryl methyl sites for hydroxylation is 1. The summed E-state index contributed by atoms with van der Waals surface area (Å²) in [4.78, 5) is 17.5. The number of nitrogens with zero attached hydrogens (tertiary/aromatic N) is 2. The summed E-state index contributed by atoms with van der Waals surface area (Å²) in [5, 5.41) is 0. The maximum Gasteiger partial charge on any atom is 0.225 e. The fourth-order valence-electron chi connectivity index (χ4n) is 1.51. The highest BCUT2D eigenvalue weighted by molar-refractivity contribution is 5.75. The van der Waals surface area contributed by atoms with Crippen LogP contribution in [0.25, 0.3) is 0 Å². The first-order valence-electron chi connectivity index (χ1n) is 6.13. The second-order valence-corrected chi connectivity index (χ2v) is 4.14. The summed E-state index contributed by atoms with van der Waals surface area (Å²) < 4.78 is 5.53. The van der Waals surface area contributed by atoms with Gasteiger partial charge in [-0.2, -0.15) is 0 Å². The molecule has 100 valence electrons. The van der Waals surface area contributed by atoms with Gasteiger partial charge in [0.2, 0.25) is 5.91 Å². The van der Waals surface area contributed by atoms with Gasteiger partial charge in [0, 0.05) is 19.8 Å². The normalized spacial score (nSPS) is 10.2. The Kier molecular flexibility index (Phi) is 6.14. The Morgan fingerprint density at radius 2 is 2.33 bits per heavy atom. The van der Waals surface area contributed by atoms with Gasteiger partial charge >= 0.3 is 0 Å². The zero-order valence-electron chi connectivity index (χ0n) is 11.1. The van der Waals surface area contributed by atoms with Crippen LogP contribution in [-0.2, 0) is 4.79 Å². The summed E-state index contributed by atoms with van der Waals surface area (Å²) in [6, 6.07) is 3.67. The minimum absolute atomic E-state index is 0.0741. The molecule has 0 radical (unpaired) electrons. The van der Waals surface area contributed by atoms with E-state index in [0.29, 0.717) is 26.1 Å². The summed E-state index contributed by atoms with van der Waals surface area (Å²) in [5.41, 5.74) is 6.23. The molecule has 0 aliphatic rings. The average molecular weight is 251 g/mol. The summed E-state index contributed by atoms with van der Waals surface area (Å²) in [6.45, 7) is 3.55. The van der Waals surface area contributed by atoms with Crippen molar-refractivity contribution in [3.05, 3.63) is 24.0 Å². The Bertz CT molecular complexity index is 382. The van der Waals surface area contributed by atoms with Gasteiger partial charge in [0.05, 0.1) is 18.7 Å². The summed E-state index contributed by atoms with van der Waals surface area (Å²) in [6.07, 6.45) is 2.91. The third kappa shape index (κ3) is 4.71. The van der Waals surface area contributed by atoms with Gasteiger partial charge < -0.3 is 15.4 Å². The number of aromatic nitrogens is 1. The molecule has 0 atom stereocenters. The van der Waals surface area contributed by atoms with Gasteiger partial charge in [-0.15, -0.1) is 0 Å². The number of hydrogen-bond donors (Lipinski definition) is 1. The van der Waals surface area contributed by atoms with Gasteiger partial charge in [0.15, 0.2) is 0 Å². The second-order valence-electron chi connectivity index (χ2n) is 4.14. The third-order valence-electron chi connectivity index (χ3n) is 2.66. The van der Waals surface area contributed by atoms with Crippen LogP contribution in [0.2, 0.25) is 0 Å². The van der Waals surface area contributed by atoms with Gasteiger partial charge in [0.1, 0.15) is 5.75 Å². The average Bonchev–Trinajstić information content (AvgIpc) is 2.38. The fraction of sp³-hybridized carbons (Fsp3) is 0.538. The predicted molar refractivity (Wildman–Crippen MR) is 70.4 cm³/mol. The van der Waals surface area contributed by atoms with E-state index < -0.39 is 0 Å². The lowest BCUT2D eigenvalue weighted by atomic mass is 10.3. The highest BCUT2D eigenvalue weighted by atomic mass is 16.5. The van der Waals surface area contributed by atoms with Crippen molar-refractivity contribution >= 4 is 5.91 Å². The van der Waals surface area contributed by atoms with Crippen LogP contribution < -0.4 is 10.5 Å². The quantitative estimate of drug-likeness (QED) is 0.784. The van der Waals surface area contributed by atoms with E-state index in [0.717, 1.165) is 17.9 Å². The largest absolute Gasteiger partial charge is 0.491 e. The minimum Gasteiger partial charge on any atom is -0.491 e. The Balaban J connectivity index is 2.29. The molecule has 0 saturated heterocycles. The lowest BCUT2D eigenvalue weighted by Gasteiger charge is -2.16. The van der Waals surface area contributed by atoms with E-state index in [2.05, 4.69) is 4.98 Å². The maximum absolute atomic E-state index is 11.7. The molecule has 2 N–H and O–H groups in total. The van der Waals surface area contributed by atoms with Crippen molar-refractivity contribution < 1.29 is 9.53 Å². The molecule has 1 aromatic rings. The van der Waals surface area contributed by atoms with E-state index >= 15 is 0 Å². The molecule has 0 spiro atoms. The first-order chi connectivity index (χ1) is 8.65. The minimum atomic E-state index is 0.0741. The van der Waals surface area contributed by atoms with Crippen LogP contribution in [0.3, 0.4) is 0 Å². The van der Waals surface area contributed by atoms with Crippen LogP contribution in [-0.4, -0.2) is 42.5 Å². The van der Waals surface area contributed by atoms with Gasteiger partial charge in [-0.25, -0.2) is 0 Å². The number of nitrogens with two attached hydrogens (primary N) is 1. The topological polar surface area (TPSA) is 68.5 Å². The van der Waals surface area contributed by atoms with E-state index in [-0.39, 0.29) is 5.91 Å². The first kappa shape index (κ1) is 14.4. The summed E-state index contributed by atoms with van der Waals surface area (Å²) in [7, 11) is 1.79. The number of amides is 1. The van der Waals surface area contributed by atoms with Crippen molar-refractivity contribution in [3.8, 4) is 5.75 Å². The molecule has 1 heterocycles. The van der Waals surface area contributed by atoms with Crippen LogP contribution in [0.5, 0.6) is 5.75 Å². The summed E-state index contributed by atoms with van der Waals surface area (Å²) >= 11 is 0. The van der Waals surface area contributed by atoms with Crippen LogP contribution in [0.1, 0.15) is 18.5 Å². The molecule has 0 aromatic carbocycles. The molecular weight excluding hydrogens is 230 g/mol. The van der Waals surface area contributed by atoms with Gasteiger partial charge in [0.25, 0.3) is 0 Å². The number of carbonyl (C=O) groups excluding carboxylic acids is 1. The molecule has 1 aromatic heterocycles. The van der Waals surface area contributed by atoms with E-state index in [9.17, 15) is 4.79 Å². The molecule has 0 aliphatic heterocycles. The molecule has 0 unspecified atom stereocenters. The Morgan fingerprint density at radius 1 is 1.56 bits per heavy atom.